The van der Waals surface area contributed by atoms with Gasteiger partial charge in [0.1, 0.15) is 0 Å². The number of morpholine rings is 1. The predicted molar refractivity (Wildman–Crippen MR) is 117 cm³/mol. The Morgan fingerprint density at radius 2 is 1.73 bits per heavy atom. The van der Waals surface area contributed by atoms with Crippen molar-refractivity contribution >= 4 is 15.9 Å². The molecule has 1 amide bonds. The average Bonchev–Trinajstić information content (AvgIpc) is 2.77. The number of sulfonamides is 1. The predicted octanol–water partition coefficient (Wildman–Crippen LogP) is 1.95. The normalized spacial score (nSPS) is 20.9. The summed E-state index contributed by atoms with van der Waals surface area (Å²) in [5.41, 5.74) is 0. The monoisotopic (exact) mass is 437 g/mol. The molecule has 7 nitrogen and oxygen atoms in total. The second-order valence-corrected chi connectivity index (χ2v) is 10.6. The Labute approximate surface area is 180 Å². The summed E-state index contributed by atoms with van der Waals surface area (Å²) in [5.74, 6) is 0.478. The molecule has 2 aliphatic heterocycles. The summed E-state index contributed by atoms with van der Waals surface area (Å²) in [7, 11) is -3.48. The van der Waals surface area contributed by atoms with Gasteiger partial charge in [-0.05, 0) is 37.3 Å². The minimum Gasteiger partial charge on any atom is -0.379 e. The molecule has 1 N–H and O–H groups in total. The fourth-order valence-electron chi connectivity index (χ4n) is 4.31. The zero-order valence-electron chi connectivity index (χ0n) is 18.1. The van der Waals surface area contributed by atoms with Crippen molar-refractivity contribution in [2.45, 2.75) is 44.0 Å². The number of benzene rings is 1. The molecule has 2 heterocycles. The van der Waals surface area contributed by atoms with E-state index in [1.807, 2.05) is 0 Å². The first-order valence-electron chi connectivity index (χ1n) is 11.0. The molecule has 2 saturated heterocycles. The summed E-state index contributed by atoms with van der Waals surface area (Å²) in [4.78, 5) is 15.5. The second-order valence-electron chi connectivity index (χ2n) is 8.67. The molecule has 168 valence electrons. The maximum Gasteiger partial charge on any atom is 0.243 e. The van der Waals surface area contributed by atoms with Crippen LogP contribution in [0.1, 0.15) is 33.1 Å². The van der Waals surface area contributed by atoms with E-state index in [9.17, 15) is 13.2 Å². The number of amides is 1. The Morgan fingerprint density at radius 3 is 2.33 bits per heavy atom. The number of hydrogen-bond donors (Lipinski definition) is 1. The summed E-state index contributed by atoms with van der Waals surface area (Å²) in [6.07, 6.45) is 2.16. The smallest absolute Gasteiger partial charge is 0.243 e. The average molecular weight is 438 g/mol. The molecule has 1 aromatic rings. The number of rotatable bonds is 8. The van der Waals surface area contributed by atoms with Crippen LogP contribution in [0.5, 0.6) is 0 Å². The second kappa shape index (κ2) is 10.7. The highest BCUT2D eigenvalue weighted by molar-refractivity contribution is 7.89. The van der Waals surface area contributed by atoms with Gasteiger partial charge in [0, 0.05) is 44.7 Å². The van der Waals surface area contributed by atoms with Crippen LogP contribution in [0.15, 0.2) is 35.2 Å². The zero-order chi connectivity index (χ0) is 21.6. The third-order valence-electron chi connectivity index (χ3n) is 6.02. The van der Waals surface area contributed by atoms with Gasteiger partial charge in [0.25, 0.3) is 0 Å². The SMILES string of the molecule is CC(C)CC(CNC(=O)C1CCN(S(=O)(=O)c2ccccc2)CC1)N1CCOCC1. The number of nitrogens with zero attached hydrogens (tertiary/aromatic N) is 2. The maximum absolute atomic E-state index is 12.8. The van der Waals surface area contributed by atoms with Crippen LogP contribution in [0, 0.1) is 11.8 Å². The number of ether oxygens (including phenoxy) is 1. The highest BCUT2D eigenvalue weighted by Crippen LogP contribution is 2.24. The Kier molecular flexibility index (Phi) is 8.27. The molecule has 8 heteroatoms. The molecule has 1 atom stereocenters. The van der Waals surface area contributed by atoms with Gasteiger partial charge in [-0.2, -0.15) is 4.31 Å². The van der Waals surface area contributed by atoms with Crippen LogP contribution in [0.2, 0.25) is 0 Å². The van der Waals surface area contributed by atoms with E-state index in [-0.39, 0.29) is 11.8 Å². The molecule has 0 radical (unpaired) electrons. The van der Waals surface area contributed by atoms with Gasteiger partial charge >= 0.3 is 0 Å². The van der Waals surface area contributed by atoms with E-state index in [2.05, 4.69) is 24.1 Å². The third-order valence-corrected chi connectivity index (χ3v) is 7.94. The molecule has 3 rings (SSSR count). The van der Waals surface area contributed by atoms with Crippen molar-refractivity contribution in [1.29, 1.82) is 0 Å². The Hall–Kier alpha value is -1.48. The molecule has 0 spiro atoms. The first kappa shape index (κ1) is 23.2. The summed E-state index contributed by atoms with van der Waals surface area (Å²) in [6.45, 7) is 9.12. The highest BCUT2D eigenvalue weighted by Gasteiger charge is 2.32. The number of nitrogens with one attached hydrogen (secondary N) is 1. The topological polar surface area (TPSA) is 79.0 Å². The summed E-state index contributed by atoms with van der Waals surface area (Å²) in [5, 5.41) is 3.15. The van der Waals surface area contributed by atoms with Crippen LogP contribution in [-0.2, 0) is 19.6 Å². The van der Waals surface area contributed by atoms with Crippen LogP contribution >= 0.6 is 0 Å². The van der Waals surface area contributed by atoms with Crippen LogP contribution in [0.4, 0.5) is 0 Å². The van der Waals surface area contributed by atoms with Crippen LogP contribution in [0.3, 0.4) is 0 Å². The molecule has 2 aliphatic rings. The van der Waals surface area contributed by atoms with E-state index in [1.165, 1.54) is 4.31 Å². The van der Waals surface area contributed by atoms with Gasteiger partial charge in [-0.15, -0.1) is 0 Å². The molecule has 30 heavy (non-hydrogen) atoms. The number of carbonyl (C=O) groups is 1. The number of piperidine rings is 1. The van der Waals surface area contributed by atoms with E-state index in [0.717, 1.165) is 32.7 Å². The Bertz CT molecular complexity index is 771. The van der Waals surface area contributed by atoms with Crippen molar-refractivity contribution in [3.8, 4) is 0 Å². The van der Waals surface area contributed by atoms with Crippen molar-refractivity contribution in [2.24, 2.45) is 11.8 Å². The van der Waals surface area contributed by atoms with Gasteiger partial charge in [-0.3, -0.25) is 9.69 Å². The summed E-state index contributed by atoms with van der Waals surface area (Å²) < 4.78 is 32.5. The number of hydrogen-bond acceptors (Lipinski definition) is 5. The molecule has 1 unspecified atom stereocenters. The fraction of sp³-hybridized carbons (Fsp3) is 0.682. The molecule has 0 aromatic heterocycles. The van der Waals surface area contributed by atoms with Crippen LogP contribution in [0.25, 0.3) is 0 Å². The van der Waals surface area contributed by atoms with E-state index in [0.29, 0.717) is 49.3 Å². The lowest BCUT2D eigenvalue weighted by Gasteiger charge is -2.36. The van der Waals surface area contributed by atoms with E-state index < -0.39 is 10.0 Å². The molecule has 0 saturated carbocycles. The molecule has 2 fully saturated rings. The van der Waals surface area contributed by atoms with E-state index >= 15 is 0 Å². The van der Waals surface area contributed by atoms with Crippen molar-refractivity contribution < 1.29 is 17.9 Å². The van der Waals surface area contributed by atoms with E-state index in [4.69, 9.17) is 4.74 Å². The minimum absolute atomic E-state index is 0.0498. The summed E-state index contributed by atoms with van der Waals surface area (Å²) >= 11 is 0. The molecule has 1 aromatic carbocycles. The summed E-state index contributed by atoms with van der Waals surface area (Å²) in [6, 6.07) is 8.82. The molecular weight excluding hydrogens is 402 g/mol. The van der Waals surface area contributed by atoms with Gasteiger partial charge in [0.05, 0.1) is 18.1 Å². The van der Waals surface area contributed by atoms with Gasteiger partial charge in [-0.1, -0.05) is 32.0 Å². The van der Waals surface area contributed by atoms with Crippen molar-refractivity contribution in [2.75, 3.05) is 45.9 Å². The number of carbonyl (C=O) groups excluding carboxylic acids is 1. The zero-order valence-corrected chi connectivity index (χ0v) is 18.9. The molecule has 0 bridgehead atoms. The van der Waals surface area contributed by atoms with Gasteiger partial charge in [-0.25, -0.2) is 8.42 Å². The van der Waals surface area contributed by atoms with Gasteiger partial charge in [0.2, 0.25) is 15.9 Å². The van der Waals surface area contributed by atoms with Crippen molar-refractivity contribution in [1.82, 2.24) is 14.5 Å². The quantitative estimate of drug-likeness (QED) is 0.673. The lowest BCUT2D eigenvalue weighted by Crippen LogP contribution is -2.50. The molecular formula is C22H35N3O4S. The van der Waals surface area contributed by atoms with Gasteiger partial charge < -0.3 is 10.1 Å². The minimum atomic E-state index is -3.48. The fourth-order valence-corrected chi connectivity index (χ4v) is 5.80. The van der Waals surface area contributed by atoms with Crippen LogP contribution in [-0.4, -0.2) is 75.5 Å². The lowest BCUT2D eigenvalue weighted by molar-refractivity contribution is -0.126. The van der Waals surface area contributed by atoms with Gasteiger partial charge in [0.15, 0.2) is 0 Å². The van der Waals surface area contributed by atoms with E-state index in [1.54, 1.807) is 30.3 Å². The Balaban J connectivity index is 1.50. The Morgan fingerprint density at radius 1 is 1.10 bits per heavy atom. The first-order valence-corrected chi connectivity index (χ1v) is 12.5. The standard InChI is InChI=1S/C22H35N3O4S/c1-18(2)16-20(24-12-14-29-15-13-24)17-23-22(26)19-8-10-25(11-9-19)30(27,28)21-6-4-3-5-7-21/h3-7,18-20H,8-17H2,1-2H3,(H,23,26). The maximum atomic E-state index is 12.8. The first-order chi connectivity index (χ1) is 14.4. The highest BCUT2D eigenvalue weighted by atomic mass is 32.2. The largest absolute Gasteiger partial charge is 0.379 e. The van der Waals surface area contributed by atoms with Crippen molar-refractivity contribution in [3.63, 3.8) is 0 Å². The van der Waals surface area contributed by atoms with Crippen molar-refractivity contribution in [3.05, 3.63) is 30.3 Å². The molecule has 0 aliphatic carbocycles. The lowest BCUT2D eigenvalue weighted by atomic mass is 9.96. The van der Waals surface area contributed by atoms with Crippen LogP contribution < -0.4 is 5.32 Å². The third kappa shape index (κ3) is 6.03.